The number of benzene rings is 2. The fourth-order valence-electron chi connectivity index (χ4n) is 3.49. The second-order valence-corrected chi connectivity index (χ2v) is 7.60. The Morgan fingerprint density at radius 3 is 2.77 bits per heavy atom. The zero-order valence-corrected chi connectivity index (χ0v) is 17.6. The second-order valence-electron chi connectivity index (χ2n) is 7.16. The van der Waals surface area contributed by atoms with Crippen molar-refractivity contribution in [2.75, 3.05) is 6.54 Å². The van der Waals surface area contributed by atoms with Crippen LogP contribution in [0.2, 0.25) is 5.02 Å². The van der Waals surface area contributed by atoms with Crippen LogP contribution >= 0.6 is 11.6 Å². The first-order chi connectivity index (χ1) is 15.0. The van der Waals surface area contributed by atoms with Crippen LogP contribution in [-0.2, 0) is 17.9 Å². The van der Waals surface area contributed by atoms with Gasteiger partial charge in [-0.3, -0.25) is 19.0 Å². The molecule has 0 fully saturated rings. The number of fused-ring (bicyclic) bond motifs is 2. The van der Waals surface area contributed by atoms with Crippen molar-refractivity contribution in [1.29, 1.82) is 0 Å². The Labute approximate surface area is 182 Å². The molecule has 2 aromatic carbocycles. The van der Waals surface area contributed by atoms with Gasteiger partial charge < -0.3 is 9.88 Å². The van der Waals surface area contributed by atoms with Crippen molar-refractivity contribution >= 4 is 39.4 Å². The van der Waals surface area contributed by atoms with E-state index in [4.69, 9.17) is 11.6 Å². The Morgan fingerprint density at radius 2 is 1.97 bits per heavy atom. The molecule has 0 saturated carbocycles. The van der Waals surface area contributed by atoms with E-state index >= 15 is 0 Å². The number of rotatable bonds is 6. The third-order valence-corrected chi connectivity index (χ3v) is 5.19. The highest BCUT2D eigenvalue weighted by Crippen LogP contribution is 2.15. The molecule has 31 heavy (non-hydrogen) atoms. The SMILES string of the molecule is CCCN(Cc1nc2cc(Cl)ccc2c(=O)[nH]1)C(=O)Cn1c(=O)cnc2ccccc21. The number of hydrogen-bond acceptors (Lipinski definition) is 5. The summed E-state index contributed by atoms with van der Waals surface area (Å²) in [5, 5.41) is 0.901. The summed E-state index contributed by atoms with van der Waals surface area (Å²) in [5.41, 5.74) is 1.04. The average molecular weight is 438 g/mol. The number of amides is 1. The Kier molecular flexibility index (Phi) is 5.81. The van der Waals surface area contributed by atoms with Gasteiger partial charge >= 0.3 is 0 Å². The average Bonchev–Trinajstić information content (AvgIpc) is 2.75. The molecule has 0 spiro atoms. The molecule has 1 amide bonds. The summed E-state index contributed by atoms with van der Waals surface area (Å²) < 4.78 is 1.41. The van der Waals surface area contributed by atoms with Gasteiger partial charge in [-0.15, -0.1) is 0 Å². The van der Waals surface area contributed by atoms with Crippen molar-refractivity contribution in [1.82, 2.24) is 24.4 Å². The number of nitrogens with zero attached hydrogens (tertiary/aromatic N) is 4. The van der Waals surface area contributed by atoms with E-state index in [2.05, 4.69) is 15.0 Å². The zero-order chi connectivity index (χ0) is 22.0. The number of carbonyl (C=O) groups is 1. The number of nitrogens with one attached hydrogen (secondary N) is 1. The van der Waals surface area contributed by atoms with E-state index in [0.29, 0.717) is 45.7 Å². The van der Waals surface area contributed by atoms with Gasteiger partial charge in [0.15, 0.2) is 0 Å². The van der Waals surface area contributed by atoms with Crippen LogP contribution in [0.3, 0.4) is 0 Å². The van der Waals surface area contributed by atoms with Crippen LogP contribution < -0.4 is 11.1 Å². The molecule has 0 aliphatic carbocycles. The lowest BCUT2D eigenvalue weighted by Crippen LogP contribution is -2.37. The first kappa shape index (κ1) is 20.7. The fourth-order valence-corrected chi connectivity index (χ4v) is 3.66. The van der Waals surface area contributed by atoms with Crippen LogP contribution in [0.5, 0.6) is 0 Å². The van der Waals surface area contributed by atoms with Gasteiger partial charge in [-0.25, -0.2) is 9.97 Å². The van der Waals surface area contributed by atoms with Crippen LogP contribution in [0.25, 0.3) is 21.9 Å². The molecule has 0 unspecified atom stereocenters. The quantitative estimate of drug-likeness (QED) is 0.499. The summed E-state index contributed by atoms with van der Waals surface area (Å²) in [6.45, 7) is 2.38. The van der Waals surface area contributed by atoms with Crippen molar-refractivity contribution in [3.05, 3.63) is 80.2 Å². The summed E-state index contributed by atoms with van der Waals surface area (Å²) in [5.74, 6) is 0.0997. The molecule has 4 aromatic rings. The molecule has 0 bridgehead atoms. The summed E-state index contributed by atoms with van der Waals surface area (Å²) in [7, 11) is 0. The number of hydrogen-bond donors (Lipinski definition) is 1. The number of para-hydroxylation sites is 2. The number of aromatic amines is 1. The van der Waals surface area contributed by atoms with Gasteiger partial charge in [0.1, 0.15) is 12.4 Å². The van der Waals surface area contributed by atoms with Crippen molar-refractivity contribution in [3.8, 4) is 0 Å². The van der Waals surface area contributed by atoms with Crippen molar-refractivity contribution in [2.45, 2.75) is 26.4 Å². The predicted molar refractivity (Wildman–Crippen MR) is 119 cm³/mol. The molecule has 2 heterocycles. The molecule has 9 heteroatoms. The Morgan fingerprint density at radius 1 is 1.16 bits per heavy atom. The molecule has 2 aromatic heterocycles. The maximum atomic E-state index is 13.1. The highest BCUT2D eigenvalue weighted by Gasteiger charge is 2.18. The molecular weight excluding hydrogens is 418 g/mol. The molecule has 0 atom stereocenters. The molecule has 1 N–H and O–H groups in total. The van der Waals surface area contributed by atoms with E-state index in [1.807, 2.05) is 13.0 Å². The zero-order valence-electron chi connectivity index (χ0n) is 16.8. The van der Waals surface area contributed by atoms with Crippen molar-refractivity contribution < 1.29 is 4.79 Å². The van der Waals surface area contributed by atoms with Crippen LogP contribution in [0, 0.1) is 0 Å². The summed E-state index contributed by atoms with van der Waals surface area (Å²) in [6, 6.07) is 12.0. The minimum Gasteiger partial charge on any atom is -0.334 e. The molecule has 0 aliphatic heterocycles. The van der Waals surface area contributed by atoms with Gasteiger partial charge in [0, 0.05) is 11.6 Å². The van der Waals surface area contributed by atoms with E-state index in [-0.39, 0.29) is 30.1 Å². The number of halogens is 1. The van der Waals surface area contributed by atoms with Gasteiger partial charge in [0.05, 0.1) is 34.7 Å². The number of carbonyl (C=O) groups excluding carboxylic acids is 1. The maximum absolute atomic E-state index is 13.1. The smallest absolute Gasteiger partial charge is 0.269 e. The molecule has 0 saturated heterocycles. The Bertz CT molecular complexity index is 1400. The highest BCUT2D eigenvalue weighted by molar-refractivity contribution is 6.31. The molecule has 0 radical (unpaired) electrons. The minimum atomic E-state index is -0.352. The minimum absolute atomic E-state index is 0.113. The van der Waals surface area contributed by atoms with E-state index in [1.54, 1.807) is 41.3 Å². The summed E-state index contributed by atoms with van der Waals surface area (Å²) >= 11 is 6.03. The molecular formula is C22H20ClN5O3. The van der Waals surface area contributed by atoms with E-state index in [9.17, 15) is 14.4 Å². The first-order valence-electron chi connectivity index (χ1n) is 9.87. The third kappa shape index (κ3) is 4.34. The van der Waals surface area contributed by atoms with Gasteiger partial charge in [-0.1, -0.05) is 30.7 Å². The fraction of sp³-hybridized carbons (Fsp3) is 0.227. The molecule has 0 aliphatic rings. The third-order valence-electron chi connectivity index (χ3n) is 4.95. The van der Waals surface area contributed by atoms with Gasteiger partial charge in [-0.2, -0.15) is 0 Å². The highest BCUT2D eigenvalue weighted by atomic mass is 35.5. The first-order valence-corrected chi connectivity index (χ1v) is 10.2. The van der Waals surface area contributed by atoms with Crippen LogP contribution in [0.4, 0.5) is 0 Å². The van der Waals surface area contributed by atoms with Crippen LogP contribution in [0.1, 0.15) is 19.2 Å². The monoisotopic (exact) mass is 437 g/mol. The number of H-pyrrole nitrogens is 1. The molecule has 8 nitrogen and oxygen atoms in total. The Balaban J connectivity index is 1.65. The lowest BCUT2D eigenvalue weighted by molar-refractivity contribution is -0.132. The summed E-state index contributed by atoms with van der Waals surface area (Å²) in [6.07, 6.45) is 1.92. The Hall–Kier alpha value is -3.52. The van der Waals surface area contributed by atoms with Gasteiger partial charge in [0.25, 0.3) is 11.1 Å². The lowest BCUT2D eigenvalue weighted by Gasteiger charge is -2.22. The van der Waals surface area contributed by atoms with E-state index in [0.717, 1.165) is 0 Å². The maximum Gasteiger partial charge on any atom is 0.269 e. The van der Waals surface area contributed by atoms with Crippen LogP contribution in [0.15, 0.2) is 58.3 Å². The van der Waals surface area contributed by atoms with E-state index in [1.165, 1.54) is 10.8 Å². The second kappa shape index (κ2) is 8.69. The van der Waals surface area contributed by atoms with Gasteiger partial charge in [0.2, 0.25) is 5.91 Å². The van der Waals surface area contributed by atoms with Crippen LogP contribution in [-0.4, -0.2) is 36.9 Å². The number of aromatic nitrogens is 4. The van der Waals surface area contributed by atoms with Crippen molar-refractivity contribution in [2.24, 2.45) is 0 Å². The molecule has 4 rings (SSSR count). The van der Waals surface area contributed by atoms with E-state index < -0.39 is 0 Å². The largest absolute Gasteiger partial charge is 0.334 e. The topological polar surface area (TPSA) is 101 Å². The lowest BCUT2D eigenvalue weighted by atomic mass is 10.2. The predicted octanol–water partition coefficient (Wildman–Crippen LogP) is 2.73. The van der Waals surface area contributed by atoms with Crippen molar-refractivity contribution in [3.63, 3.8) is 0 Å². The summed E-state index contributed by atoms with van der Waals surface area (Å²) in [4.78, 5) is 50.8. The molecule has 158 valence electrons. The standard InChI is InChI=1S/C22H20ClN5O3/c1-2-9-27(12-19-25-17-10-14(23)7-8-15(17)22(31)26-19)21(30)13-28-18-6-4-3-5-16(18)24-11-20(28)29/h3-8,10-11H,2,9,12-13H2,1H3,(H,25,26,31). The van der Waals surface area contributed by atoms with Gasteiger partial charge in [-0.05, 0) is 36.8 Å². The normalized spacial score (nSPS) is 11.2.